The van der Waals surface area contributed by atoms with E-state index in [1.165, 1.54) is 16.8 Å². The van der Waals surface area contributed by atoms with E-state index >= 15 is 0 Å². The average molecular weight is 373 g/mol. The van der Waals surface area contributed by atoms with Gasteiger partial charge >= 0.3 is 0 Å². The molecule has 0 saturated carbocycles. The van der Waals surface area contributed by atoms with Gasteiger partial charge in [-0.05, 0) is 46.0 Å². The highest BCUT2D eigenvalue weighted by molar-refractivity contribution is 7.07. The number of nitrogens with one attached hydrogen (secondary N) is 2. The van der Waals surface area contributed by atoms with E-state index in [9.17, 15) is 0 Å². The van der Waals surface area contributed by atoms with Crippen molar-refractivity contribution in [2.45, 2.75) is 19.4 Å². The Kier molecular flexibility index (Phi) is 6.91. The van der Waals surface area contributed by atoms with Crippen LogP contribution < -0.4 is 15.5 Å². The molecule has 140 valence electrons. The average Bonchev–Trinajstić information content (AvgIpc) is 3.24. The Labute approximate surface area is 160 Å². The largest absolute Gasteiger partial charge is 0.378 e. The van der Waals surface area contributed by atoms with Gasteiger partial charge in [-0.1, -0.05) is 19.1 Å². The van der Waals surface area contributed by atoms with Crippen molar-refractivity contribution in [3.8, 4) is 0 Å². The van der Waals surface area contributed by atoms with Gasteiger partial charge in [0.1, 0.15) is 0 Å². The van der Waals surface area contributed by atoms with Gasteiger partial charge in [0.15, 0.2) is 5.96 Å². The summed E-state index contributed by atoms with van der Waals surface area (Å²) in [6.45, 7) is 7.42. The second-order valence-corrected chi connectivity index (χ2v) is 7.31. The Morgan fingerprint density at radius 1 is 1.19 bits per heavy atom. The van der Waals surface area contributed by atoms with Gasteiger partial charge in [-0.3, -0.25) is 4.99 Å². The zero-order valence-corrected chi connectivity index (χ0v) is 16.4. The van der Waals surface area contributed by atoms with Crippen molar-refractivity contribution in [1.29, 1.82) is 0 Å². The topological polar surface area (TPSA) is 48.9 Å². The smallest absolute Gasteiger partial charge is 0.191 e. The number of hydrogen-bond acceptors (Lipinski definition) is 4. The van der Waals surface area contributed by atoms with Gasteiger partial charge < -0.3 is 20.3 Å². The summed E-state index contributed by atoms with van der Waals surface area (Å²) in [5.41, 5.74) is 3.89. The first kappa shape index (κ1) is 18.7. The zero-order chi connectivity index (χ0) is 18.2. The Morgan fingerprint density at radius 3 is 2.62 bits per heavy atom. The zero-order valence-electron chi connectivity index (χ0n) is 15.6. The Bertz CT molecular complexity index is 678. The number of rotatable bonds is 6. The fourth-order valence-corrected chi connectivity index (χ4v) is 3.76. The van der Waals surface area contributed by atoms with Gasteiger partial charge in [-0.25, -0.2) is 0 Å². The van der Waals surface area contributed by atoms with E-state index in [2.05, 4.69) is 68.5 Å². The minimum atomic E-state index is 0.465. The van der Waals surface area contributed by atoms with Gasteiger partial charge in [-0.15, -0.1) is 0 Å². The number of aliphatic imine (C=N–C) groups is 1. The molecule has 0 radical (unpaired) electrons. The molecule has 0 aliphatic carbocycles. The van der Waals surface area contributed by atoms with Crippen LogP contribution in [0.2, 0.25) is 0 Å². The van der Waals surface area contributed by atoms with Crippen molar-refractivity contribution < 1.29 is 4.74 Å². The lowest BCUT2D eigenvalue weighted by Crippen LogP contribution is -2.38. The van der Waals surface area contributed by atoms with Crippen LogP contribution in [-0.2, 0) is 11.3 Å². The third-order valence-electron chi connectivity index (χ3n) is 4.68. The Hall–Kier alpha value is -2.05. The van der Waals surface area contributed by atoms with E-state index in [1.54, 1.807) is 11.3 Å². The molecule has 1 aromatic carbocycles. The van der Waals surface area contributed by atoms with E-state index in [1.807, 2.05) is 7.05 Å². The monoisotopic (exact) mass is 372 g/mol. The molecule has 2 heterocycles. The lowest BCUT2D eigenvalue weighted by Gasteiger charge is -2.29. The number of ether oxygens (including phenoxy) is 1. The second kappa shape index (κ2) is 9.59. The Balaban J connectivity index is 1.46. The molecule has 0 spiro atoms. The Morgan fingerprint density at radius 2 is 1.96 bits per heavy atom. The fourth-order valence-electron chi connectivity index (χ4n) is 2.98. The molecule has 3 rings (SSSR count). The minimum absolute atomic E-state index is 0.465. The van der Waals surface area contributed by atoms with Crippen molar-refractivity contribution in [3.63, 3.8) is 0 Å². The van der Waals surface area contributed by atoms with Gasteiger partial charge in [0.2, 0.25) is 0 Å². The summed E-state index contributed by atoms with van der Waals surface area (Å²) in [7, 11) is 1.81. The van der Waals surface area contributed by atoms with Gasteiger partial charge in [0.05, 0.1) is 13.2 Å². The van der Waals surface area contributed by atoms with Crippen LogP contribution in [0.1, 0.15) is 24.0 Å². The van der Waals surface area contributed by atoms with Crippen molar-refractivity contribution in [1.82, 2.24) is 10.6 Å². The molecule has 0 bridgehead atoms. The predicted octanol–water partition coefficient (Wildman–Crippen LogP) is 3.05. The third-order valence-corrected chi connectivity index (χ3v) is 5.39. The van der Waals surface area contributed by atoms with Crippen LogP contribution in [0.3, 0.4) is 0 Å². The number of nitrogens with zero attached hydrogens (tertiary/aromatic N) is 2. The van der Waals surface area contributed by atoms with Crippen LogP contribution in [0.15, 0.2) is 46.1 Å². The van der Waals surface area contributed by atoms with Crippen molar-refractivity contribution in [3.05, 3.63) is 52.2 Å². The molecule has 6 heteroatoms. The highest BCUT2D eigenvalue weighted by atomic mass is 32.1. The maximum absolute atomic E-state index is 5.41. The molecule has 1 aromatic heterocycles. The number of benzene rings is 1. The number of guanidine groups is 1. The molecule has 1 fully saturated rings. The molecule has 1 unspecified atom stereocenters. The molecule has 1 atom stereocenters. The first-order valence-electron chi connectivity index (χ1n) is 9.14. The molecule has 26 heavy (non-hydrogen) atoms. The molecule has 5 nitrogen and oxygen atoms in total. The van der Waals surface area contributed by atoms with Crippen LogP contribution in [0.25, 0.3) is 0 Å². The van der Waals surface area contributed by atoms with Crippen LogP contribution in [0.5, 0.6) is 0 Å². The standard InChI is InChI=1S/C20H28N4OS/c1-16(18-7-12-26-15-18)13-22-20(21-2)23-14-17-3-5-19(6-4-17)24-8-10-25-11-9-24/h3-7,12,15-16H,8-11,13-14H2,1-2H3,(H2,21,22,23). The molecule has 1 aliphatic heterocycles. The summed E-state index contributed by atoms with van der Waals surface area (Å²) in [4.78, 5) is 6.69. The van der Waals surface area contributed by atoms with Gasteiger partial charge in [-0.2, -0.15) is 11.3 Å². The second-order valence-electron chi connectivity index (χ2n) is 6.53. The third kappa shape index (κ3) is 5.22. The molecule has 1 saturated heterocycles. The van der Waals surface area contributed by atoms with Gasteiger partial charge in [0.25, 0.3) is 0 Å². The molecular weight excluding hydrogens is 344 g/mol. The molecule has 2 N–H and O–H groups in total. The summed E-state index contributed by atoms with van der Waals surface area (Å²) in [5, 5.41) is 11.1. The summed E-state index contributed by atoms with van der Waals surface area (Å²) >= 11 is 1.74. The van der Waals surface area contributed by atoms with Crippen molar-refractivity contribution in [2.24, 2.45) is 4.99 Å². The van der Waals surface area contributed by atoms with Crippen LogP contribution in [0.4, 0.5) is 5.69 Å². The molecular formula is C20H28N4OS. The summed E-state index contributed by atoms with van der Waals surface area (Å²) in [6, 6.07) is 10.9. The maximum Gasteiger partial charge on any atom is 0.191 e. The SMILES string of the molecule is CN=C(NCc1ccc(N2CCOCC2)cc1)NCC(C)c1ccsc1. The summed E-state index contributed by atoms with van der Waals surface area (Å²) < 4.78 is 5.41. The normalized spacial score (nSPS) is 16.4. The summed E-state index contributed by atoms with van der Waals surface area (Å²) in [6.07, 6.45) is 0. The van der Waals surface area contributed by atoms with Crippen LogP contribution >= 0.6 is 11.3 Å². The molecule has 2 aromatic rings. The van der Waals surface area contributed by atoms with E-state index in [0.717, 1.165) is 45.4 Å². The van der Waals surface area contributed by atoms with Crippen molar-refractivity contribution >= 4 is 23.0 Å². The van der Waals surface area contributed by atoms with Crippen LogP contribution in [0, 0.1) is 0 Å². The number of morpholine rings is 1. The summed E-state index contributed by atoms with van der Waals surface area (Å²) in [5.74, 6) is 1.30. The van der Waals surface area contributed by atoms with Gasteiger partial charge in [0, 0.05) is 38.9 Å². The quantitative estimate of drug-likeness (QED) is 0.604. The minimum Gasteiger partial charge on any atom is -0.378 e. The van der Waals surface area contributed by atoms with Crippen LogP contribution in [-0.4, -0.2) is 45.9 Å². The highest BCUT2D eigenvalue weighted by Crippen LogP contribution is 2.18. The fraction of sp³-hybridized carbons (Fsp3) is 0.450. The maximum atomic E-state index is 5.41. The first-order chi connectivity index (χ1) is 12.8. The number of hydrogen-bond donors (Lipinski definition) is 2. The molecule has 0 amide bonds. The number of anilines is 1. The lowest BCUT2D eigenvalue weighted by atomic mass is 10.1. The number of thiophene rings is 1. The van der Waals surface area contributed by atoms with Crippen molar-refractivity contribution in [2.75, 3.05) is 44.8 Å². The first-order valence-corrected chi connectivity index (χ1v) is 10.1. The van der Waals surface area contributed by atoms with E-state index in [0.29, 0.717) is 5.92 Å². The van der Waals surface area contributed by atoms with E-state index in [4.69, 9.17) is 4.74 Å². The lowest BCUT2D eigenvalue weighted by molar-refractivity contribution is 0.122. The predicted molar refractivity (Wildman–Crippen MR) is 110 cm³/mol. The van der Waals surface area contributed by atoms with E-state index in [-0.39, 0.29) is 0 Å². The molecule has 1 aliphatic rings. The highest BCUT2D eigenvalue weighted by Gasteiger charge is 2.11. The van der Waals surface area contributed by atoms with E-state index < -0.39 is 0 Å².